The van der Waals surface area contributed by atoms with E-state index in [9.17, 15) is 15.0 Å². The van der Waals surface area contributed by atoms with E-state index in [1.54, 1.807) is 0 Å². The number of hydrogen-bond donors (Lipinski definition) is 2. The lowest BCUT2D eigenvalue weighted by atomic mass is 9.58. The first-order chi connectivity index (χ1) is 15.9. The molecule has 2 bridgehead atoms. The third-order valence-corrected chi connectivity index (χ3v) is 9.74. The zero-order valence-corrected chi connectivity index (χ0v) is 18.8. The normalized spacial score (nSPS) is 43.5. The summed E-state index contributed by atoms with van der Waals surface area (Å²) in [4.78, 5) is 16.8. The third kappa shape index (κ3) is 2.43. The number of pyridine rings is 1. The first-order valence-electron chi connectivity index (χ1n) is 12.2. The van der Waals surface area contributed by atoms with Crippen molar-refractivity contribution >= 4 is 16.6 Å². The number of Topliss-reactive ketones (excluding diaryl/α,β-unsaturated/α-hetero) is 1. The van der Waals surface area contributed by atoms with E-state index in [4.69, 9.17) is 4.74 Å². The first kappa shape index (κ1) is 20.1. The van der Waals surface area contributed by atoms with Crippen LogP contribution in [0.1, 0.15) is 56.9 Å². The number of aliphatic hydroxyl groups excluding tert-OH is 2. The van der Waals surface area contributed by atoms with Crippen molar-refractivity contribution < 1.29 is 19.7 Å². The Bertz CT molecular complexity index is 1270. The standard InChI is InChI=1S/C28H29NO4/c1-26-8-6-19-13-21-24(31)25(32)22(30)14-27(21)9-10-28(19,33-27)23(26)5-4-20(26)17-3-2-16-7-11-29-15-18(16)12-17/h2-3,6-7,11-13,15,20,23-25,31-32H,4-5,8-10,14H2,1H3/t20-,23-,24-,25+,26-,27-,28?/m1/s1. The van der Waals surface area contributed by atoms with Gasteiger partial charge in [-0.05, 0) is 83.6 Å². The van der Waals surface area contributed by atoms with Gasteiger partial charge in [0.1, 0.15) is 17.8 Å². The maximum atomic E-state index is 12.5. The fraction of sp³-hybridized carbons (Fsp3) is 0.500. The van der Waals surface area contributed by atoms with E-state index in [1.165, 1.54) is 16.3 Å². The molecule has 7 rings (SSSR count). The highest BCUT2D eigenvalue weighted by atomic mass is 16.5. The molecule has 1 aromatic heterocycles. The molecular formula is C28H29NO4. The second kappa shape index (κ2) is 6.41. The van der Waals surface area contributed by atoms with Crippen molar-refractivity contribution in [3.63, 3.8) is 0 Å². The van der Waals surface area contributed by atoms with Crippen molar-refractivity contribution in [2.45, 2.75) is 74.8 Å². The molecule has 2 N–H and O–H groups in total. The van der Waals surface area contributed by atoms with E-state index in [-0.39, 0.29) is 17.6 Å². The molecule has 3 fully saturated rings. The van der Waals surface area contributed by atoms with Gasteiger partial charge in [-0.15, -0.1) is 0 Å². The van der Waals surface area contributed by atoms with Gasteiger partial charge in [-0.3, -0.25) is 9.78 Å². The molecule has 3 heterocycles. The van der Waals surface area contributed by atoms with E-state index >= 15 is 0 Å². The minimum Gasteiger partial charge on any atom is -0.385 e. The predicted octanol–water partition coefficient (Wildman–Crippen LogP) is 3.99. The molecule has 0 amide bonds. The Kier molecular flexibility index (Phi) is 3.90. The fourth-order valence-electron chi connectivity index (χ4n) is 8.14. The summed E-state index contributed by atoms with van der Waals surface area (Å²) < 4.78 is 6.96. The van der Waals surface area contributed by atoms with Crippen LogP contribution in [0.4, 0.5) is 0 Å². The number of carbonyl (C=O) groups excluding carboxylic acids is 1. The van der Waals surface area contributed by atoms with Crippen LogP contribution in [0, 0.1) is 11.3 Å². The largest absolute Gasteiger partial charge is 0.385 e. The van der Waals surface area contributed by atoms with Gasteiger partial charge in [-0.2, -0.15) is 0 Å². The summed E-state index contributed by atoms with van der Waals surface area (Å²) in [5.74, 6) is 0.484. The Balaban J connectivity index is 1.31. The summed E-state index contributed by atoms with van der Waals surface area (Å²) in [6.45, 7) is 2.42. The Morgan fingerprint density at radius 3 is 2.85 bits per heavy atom. The van der Waals surface area contributed by atoms with Crippen molar-refractivity contribution in [1.29, 1.82) is 0 Å². The zero-order chi connectivity index (χ0) is 22.6. The molecule has 5 aliphatic rings. The number of benzene rings is 1. The number of rotatable bonds is 1. The van der Waals surface area contributed by atoms with Crippen LogP contribution in [-0.2, 0) is 9.53 Å². The lowest BCUT2D eigenvalue weighted by Crippen LogP contribution is -2.58. The van der Waals surface area contributed by atoms with E-state index in [0.29, 0.717) is 17.4 Å². The SMILES string of the molecule is C[C@]12CC=C3C=C4[C@@H](O)[C@@H](O)C(=O)C[C@]45CCC3(O5)[C@@H]1CC[C@@H]2c1ccc2ccncc2c1. The number of nitrogens with zero attached hydrogens (tertiary/aromatic N) is 1. The molecule has 33 heavy (non-hydrogen) atoms. The van der Waals surface area contributed by atoms with Crippen LogP contribution in [0.5, 0.6) is 0 Å². The highest BCUT2D eigenvalue weighted by Crippen LogP contribution is 2.69. The van der Waals surface area contributed by atoms with Gasteiger partial charge in [-0.1, -0.05) is 31.2 Å². The summed E-state index contributed by atoms with van der Waals surface area (Å²) in [5.41, 5.74) is 2.14. The smallest absolute Gasteiger partial charge is 0.167 e. The summed E-state index contributed by atoms with van der Waals surface area (Å²) >= 11 is 0. The van der Waals surface area contributed by atoms with Crippen LogP contribution >= 0.6 is 0 Å². The molecule has 170 valence electrons. The van der Waals surface area contributed by atoms with Crippen LogP contribution in [-0.4, -0.2) is 44.4 Å². The van der Waals surface area contributed by atoms with Gasteiger partial charge in [0, 0.05) is 24.2 Å². The molecule has 0 radical (unpaired) electrons. The van der Waals surface area contributed by atoms with E-state index in [1.807, 2.05) is 12.4 Å². The van der Waals surface area contributed by atoms with Crippen molar-refractivity contribution in [3.8, 4) is 0 Å². The molecule has 1 unspecified atom stereocenters. The molecule has 2 aliphatic heterocycles. The van der Waals surface area contributed by atoms with Crippen molar-refractivity contribution in [2.75, 3.05) is 0 Å². The average molecular weight is 444 g/mol. The molecular weight excluding hydrogens is 414 g/mol. The van der Waals surface area contributed by atoms with E-state index < -0.39 is 23.4 Å². The summed E-state index contributed by atoms with van der Waals surface area (Å²) in [6, 6.07) is 8.86. The van der Waals surface area contributed by atoms with E-state index in [0.717, 1.165) is 37.7 Å². The number of ketones is 1. The van der Waals surface area contributed by atoms with Crippen LogP contribution in [0.25, 0.3) is 10.8 Å². The van der Waals surface area contributed by atoms with Gasteiger partial charge in [0.15, 0.2) is 5.78 Å². The van der Waals surface area contributed by atoms with Gasteiger partial charge in [0.2, 0.25) is 0 Å². The molecule has 1 saturated heterocycles. The number of hydrogen-bond acceptors (Lipinski definition) is 5. The molecule has 5 nitrogen and oxygen atoms in total. The minimum atomic E-state index is -1.34. The third-order valence-electron chi connectivity index (χ3n) is 9.74. The Hall–Kier alpha value is -2.34. The lowest BCUT2D eigenvalue weighted by Gasteiger charge is -2.54. The number of aromatic nitrogens is 1. The van der Waals surface area contributed by atoms with Gasteiger partial charge in [0.25, 0.3) is 0 Å². The Labute approximate surface area is 193 Å². The molecule has 5 heteroatoms. The molecule has 2 spiro atoms. The monoisotopic (exact) mass is 443 g/mol. The highest BCUT2D eigenvalue weighted by molar-refractivity contribution is 5.88. The van der Waals surface area contributed by atoms with Crippen LogP contribution in [0.3, 0.4) is 0 Å². The molecule has 3 aliphatic carbocycles. The van der Waals surface area contributed by atoms with Crippen molar-refractivity contribution in [2.24, 2.45) is 11.3 Å². The number of ether oxygens (including phenoxy) is 1. The second-order valence-electron chi connectivity index (χ2n) is 11.2. The fourth-order valence-corrected chi connectivity index (χ4v) is 8.14. The number of carbonyl (C=O) groups is 1. The predicted molar refractivity (Wildman–Crippen MR) is 124 cm³/mol. The van der Waals surface area contributed by atoms with Gasteiger partial charge < -0.3 is 14.9 Å². The number of fused-ring (bicyclic) bond motifs is 2. The van der Waals surface area contributed by atoms with Crippen molar-refractivity contribution in [1.82, 2.24) is 4.98 Å². The van der Waals surface area contributed by atoms with E-state index in [2.05, 4.69) is 48.3 Å². The van der Waals surface area contributed by atoms with Crippen LogP contribution < -0.4 is 0 Å². The quantitative estimate of drug-likeness (QED) is 0.697. The topological polar surface area (TPSA) is 79.7 Å². The zero-order valence-electron chi connectivity index (χ0n) is 18.8. The molecule has 2 aromatic rings. The molecule has 7 atom stereocenters. The molecule has 2 saturated carbocycles. The second-order valence-corrected chi connectivity index (χ2v) is 11.2. The Morgan fingerprint density at radius 2 is 1.97 bits per heavy atom. The van der Waals surface area contributed by atoms with Gasteiger partial charge in [-0.25, -0.2) is 0 Å². The van der Waals surface area contributed by atoms with Crippen LogP contribution in [0.2, 0.25) is 0 Å². The number of allylic oxidation sites excluding steroid dienone is 1. The summed E-state index contributed by atoms with van der Waals surface area (Å²) in [5, 5.41) is 23.3. The maximum absolute atomic E-state index is 12.5. The van der Waals surface area contributed by atoms with Gasteiger partial charge in [0.05, 0.1) is 5.60 Å². The van der Waals surface area contributed by atoms with Crippen LogP contribution in [0.15, 0.2) is 60.0 Å². The Morgan fingerprint density at radius 1 is 1.09 bits per heavy atom. The summed E-state index contributed by atoms with van der Waals surface area (Å²) in [7, 11) is 0. The number of aliphatic hydroxyl groups is 2. The van der Waals surface area contributed by atoms with Crippen molar-refractivity contribution in [3.05, 3.63) is 65.5 Å². The lowest BCUT2D eigenvalue weighted by molar-refractivity contribution is -0.164. The average Bonchev–Trinajstić information content (AvgIpc) is 3.33. The highest BCUT2D eigenvalue weighted by Gasteiger charge is 2.68. The van der Waals surface area contributed by atoms with Gasteiger partial charge >= 0.3 is 0 Å². The summed E-state index contributed by atoms with van der Waals surface area (Å²) in [6.07, 6.45) is 10.6. The first-order valence-corrected chi connectivity index (χ1v) is 12.2. The minimum absolute atomic E-state index is 0.0626. The maximum Gasteiger partial charge on any atom is 0.167 e. The molecule has 1 aromatic carbocycles.